The Kier molecular flexibility index (Phi) is 5.90. The lowest BCUT2D eigenvalue weighted by molar-refractivity contribution is 0.293. The quantitative estimate of drug-likeness (QED) is 0.793. The van der Waals surface area contributed by atoms with Crippen LogP contribution < -0.4 is 5.32 Å². The molecule has 0 spiro atoms. The van der Waals surface area contributed by atoms with Crippen LogP contribution in [-0.4, -0.2) is 12.6 Å². The van der Waals surface area contributed by atoms with Gasteiger partial charge >= 0.3 is 0 Å². The van der Waals surface area contributed by atoms with Gasteiger partial charge in [-0.05, 0) is 42.4 Å². The molecule has 1 atom stereocenters. The van der Waals surface area contributed by atoms with Crippen molar-refractivity contribution in [3.8, 4) is 0 Å². The lowest BCUT2D eigenvalue weighted by atomic mass is 9.76. The average Bonchev–Trinajstić information content (AvgIpc) is 2.42. The van der Waals surface area contributed by atoms with Crippen molar-refractivity contribution in [3.63, 3.8) is 0 Å². The van der Waals surface area contributed by atoms with Crippen LogP contribution in [-0.2, 0) is 0 Å². The van der Waals surface area contributed by atoms with Crippen LogP contribution in [0.5, 0.6) is 0 Å². The van der Waals surface area contributed by atoms with Gasteiger partial charge in [-0.1, -0.05) is 61.2 Å². The molecule has 1 unspecified atom stereocenters. The monoisotopic (exact) mass is 323 g/mol. The second-order valence-electron chi connectivity index (χ2n) is 6.12. The van der Waals surface area contributed by atoms with Crippen molar-refractivity contribution < 1.29 is 0 Å². The van der Waals surface area contributed by atoms with Gasteiger partial charge in [-0.2, -0.15) is 0 Å². The molecule has 0 aliphatic heterocycles. The highest BCUT2D eigenvalue weighted by molar-refractivity contribution is 9.10. The fourth-order valence-electron chi connectivity index (χ4n) is 3.17. The normalized spacial score (nSPS) is 18.7. The first-order valence-electron chi connectivity index (χ1n) is 7.65. The van der Waals surface area contributed by atoms with E-state index in [4.69, 9.17) is 0 Å². The summed E-state index contributed by atoms with van der Waals surface area (Å²) in [4.78, 5) is 0. The molecule has 1 N–H and O–H groups in total. The molecule has 0 bridgehead atoms. The van der Waals surface area contributed by atoms with Crippen LogP contribution in [0.3, 0.4) is 0 Å². The van der Waals surface area contributed by atoms with Crippen molar-refractivity contribution in [2.45, 2.75) is 57.9 Å². The van der Waals surface area contributed by atoms with Gasteiger partial charge in [0.1, 0.15) is 0 Å². The maximum Gasteiger partial charge on any atom is 0.0175 e. The van der Waals surface area contributed by atoms with Crippen molar-refractivity contribution in [1.82, 2.24) is 5.32 Å². The Hall–Kier alpha value is -0.340. The maximum absolute atomic E-state index is 3.64. The molecule has 19 heavy (non-hydrogen) atoms. The Bertz CT molecular complexity index is 365. The molecule has 1 aromatic carbocycles. The minimum atomic E-state index is 0.571. The SMILES string of the molecule is CC(C)NCC(c1ccc(Br)cc1)C1CCCCC1. The molecule has 1 aromatic rings. The van der Waals surface area contributed by atoms with Crippen LogP contribution in [0.2, 0.25) is 0 Å². The third kappa shape index (κ3) is 4.61. The van der Waals surface area contributed by atoms with E-state index in [1.165, 1.54) is 42.1 Å². The average molecular weight is 324 g/mol. The molecule has 106 valence electrons. The Morgan fingerprint density at radius 1 is 1.11 bits per heavy atom. The number of nitrogens with one attached hydrogen (secondary N) is 1. The summed E-state index contributed by atoms with van der Waals surface area (Å²) in [6.45, 7) is 5.59. The summed E-state index contributed by atoms with van der Waals surface area (Å²) in [6.07, 6.45) is 7.07. The lowest BCUT2D eigenvalue weighted by Gasteiger charge is -2.31. The van der Waals surface area contributed by atoms with Crippen LogP contribution in [0.1, 0.15) is 57.4 Å². The van der Waals surface area contributed by atoms with Crippen molar-refractivity contribution in [1.29, 1.82) is 0 Å². The molecule has 0 radical (unpaired) electrons. The number of hydrogen-bond acceptors (Lipinski definition) is 1. The highest BCUT2D eigenvalue weighted by Gasteiger charge is 2.24. The molecule has 1 saturated carbocycles. The van der Waals surface area contributed by atoms with Crippen LogP contribution >= 0.6 is 15.9 Å². The van der Waals surface area contributed by atoms with Crippen LogP contribution in [0, 0.1) is 5.92 Å². The standard InChI is InChI=1S/C17H26BrN/c1-13(2)19-12-17(14-6-4-3-5-7-14)15-8-10-16(18)11-9-15/h8-11,13-14,17,19H,3-7,12H2,1-2H3. The molecule has 1 fully saturated rings. The Morgan fingerprint density at radius 2 is 1.74 bits per heavy atom. The zero-order valence-electron chi connectivity index (χ0n) is 12.2. The van der Waals surface area contributed by atoms with Gasteiger partial charge in [0.05, 0.1) is 0 Å². The molecule has 1 aliphatic carbocycles. The minimum absolute atomic E-state index is 0.571. The second kappa shape index (κ2) is 7.44. The first-order chi connectivity index (χ1) is 9.16. The van der Waals surface area contributed by atoms with Crippen LogP contribution in [0.25, 0.3) is 0 Å². The molecule has 2 rings (SSSR count). The van der Waals surface area contributed by atoms with Crippen molar-refractivity contribution in [2.24, 2.45) is 5.92 Å². The van der Waals surface area contributed by atoms with E-state index in [1.807, 2.05) is 0 Å². The highest BCUT2D eigenvalue weighted by atomic mass is 79.9. The Labute approximate surface area is 126 Å². The molecule has 0 saturated heterocycles. The zero-order valence-corrected chi connectivity index (χ0v) is 13.7. The first kappa shape index (κ1) is 15.1. The van der Waals surface area contributed by atoms with E-state index < -0.39 is 0 Å². The summed E-state index contributed by atoms with van der Waals surface area (Å²) < 4.78 is 1.18. The predicted molar refractivity (Wildman–Crippen MR) is 86.6 cm³/mol. The molecule has 0 aromatic heterocycles. The molecule has 1 nitrogen and oxygen atoms in total. The molecular weight excluding hydrogens is 298 g/mol. The van der Waals surface area contributed by atoms with Gasteiger partial charge in [-0.25, -0.2) is 0 Å². The van der Waals surface area contributed by atoms with E-state index in [9.17, 15) is 0 Å². The molecule has 0 heterocycles. The third-order valence-corrected chi connectivity index (χ3v) is 4.79. The van der Waals surface area contributed by atoms with Gasteiger partial charge < -0.3 is 5.32 Å². The van der Waals surface area contributed by atoms with Gasteiger partial charge in [-0.3, -0.25) is 0 Å². The lowest BCUT2D eigenvalue weighted by Crippen LogP contribution is -2.32. The zero-order chi connectivity index (χ0) is 13.7. The van der Waals surface area contributed by atoms with Gasteiger partial charge in [0.25, 0.3) is 0 Å². The summed E-state index contributed by atoms with van der Waals surface area (Å²) in [5, 5.41) is 3.64. The van der Waals surface area contributed by atoms with E-state index in [1.54, 1.807) is 0 Å². The highest BCUT2D eigenvalue weighted by Crippen LogP contribution is 2.36. The fraction of sp³-hybridized carbons (Fsp3) is 0.647. The van der Waals surface area contributed by atoms with Crippen LogP contribution in [0.4, 0.5) is 0 Å². The van der Waals surface area contributed by atoms with Gasteiger partial charge in [-0.15, -0.1) is 0 Å². The summed E-state index contributed by atoms with van der Waals surface area (Å²) in [5.41, 5.74) is 1.50. The van der Waals surface area contributed by atoms with Crippen molar-refractivity contribution in [3.05, 3.63) is 34.3 Å². The van der Waals surface area contributed by atoms with E-state index >= 15 is 0 Å². The van der Waals surface area contributed by atoms with E-state index in [-0.39, 0.29) is 0 Å². The van der Waals surface area contributed by atoms with E-state index in [0.717, 1.165) is 12.5 Å². The summed E-state index contributed by atoms with van der Waals surface area (Å²) >= 11 is 3.54. The molecular formula is C17H26BrN. The van der Waals surface area contributed by atoms with Gasteiger partial charge in [0.2, 0.25) is 0 Å². The molecule has 2 heteroatoms. The smallest absolute Gasteiger partial charge is 0.0175 e. The second-order valence-corrected chi connectivity index (χ2v) is 7.03. The largest absolute Gasteiger partial charge is 0.314 e. The Balaban J connectivity index is 2.10. The first-order valence-corrected chi connectivity index (χ1v) is 8.45. The number of halogens is 1. The minimum Gasteiger partial charge on any atom is -0.314 e. The fourth-order valence-corrected chi connectivity index (χ4v) is 3.43. The van der Waals surface area contributed by atoms with Gasteiger partial charge in [0, 0.05) is 17.1 Å². The summed E-state index contributed by atoms with van der Waals surface area (Å²) in [6, 6.07) is 9.53. The van der Waals surface area contributed by atoms with E-state index in [2.05, 4.69) is 59.4 Å². The summed E-state index contributed by atoms with van der Waals surface area (Å²) in [7, 11) is 0. The molecule has 0 amide bonds. The van der Waals surface area contributed by atoms with E-state index in [0.29, 0.717) is 12.0 Å². The maximum atomic E-state index is 3.64. The van der Waals surface area contributed by atoms with Crippen molar-refractivity contribution >= 4 is 15.9 Å². The summed E-state index contributed by atoms with van der Waals surface area (Å²) in [5.74, 6) is 1.54. The third-order valence-electron chi connectivity index (χ3n) is 4.26. The predicted octanol–water partition coefficient (Wildman–Crippen LogP) is 5.11. The molecule has 1 aliphatic rings. The van der Waals surface area contributed by atoms with Crippen molar-refractivity contribution in [2.75, 3.05) is 6.54 Å². The topological polar surface area (TPSA) is 12.0 Å². The van der Waals surface area contributed by atoms with Gasteiger partial charge in [0.15, 0.2) is 0 Å². The van der Waals surface area contributed by atoms with Crippen LogP contribution in [0.15, 0.2) is 28.7 Å². The Morgan fingerprint density at radius 3 is 2.32 bits per heavy atom. The number of rotatable bonds is 5. The number of benzene rings is 1. The number of hydrogen-bond donors (Lipinski definition) is 1.